The molecule has 1 atom stereocenters. The first-order chi connectivity index (χ1) is 8.88. The van der Waals surface area contributed by atoms with Gasteiger partial charge in [0.25, 0.3) is 0 Å². The molecule has 0 aromatic carbocycles. The average molecular weight is 476 g/mol. The van der Waals surface area contributed by atoms with E-state index in [2.05, 4.69) is 32.3 Å². The monoisotopic (exact) mass is 475 g/mol. The number of halogens is 2. The van der Waals surface area contributed by atoms with Gasteiger partial charge in [0, 0.05) is 25.5 Å². The Morgan fingerprint density at radius 3 is 2.65 bits per heavy atom. The third-order valence-corrected chi connectivity index (χ3v) is 4.59. The molecule has 0 aliphatic carbocycles. The number of guanidine groups is 1. The largest absolute Gasteiger partial charge is 0.388 e. The van der Waals surface area contributed by atoms with Gasteiger partial charge in [-0.3, -0.25) is 4.99 Å². The van der Waals surface area contributed by atoms with Crippen molar-refractivity contribution >= 4 is 57.2 Å². The van der Waals surface area contributed by atoms with Crippen molar-refractivity contribution in [2.45, 2.75) is 32.4 Å². The summed E-state index contributed by atoms with van der Waals surface area (Å²) in [6.07, 6.45) is 0.707. The number of aliphatic hydroxyl groups is 1. The Balaban J connectivity index is 0.00000361. The lowest BCUT2D eigenvalue weighted by Gasteiger charge is -2.26. The maximum atomic E-state index is 10.0. The van der Waals surface area contributed by atoms with Crippen LogP contribution in [0.3, 0.4) is 0 Å². The molecule has 20 heavy (non-hydrogen) atoms. The summed E-state index contributed by atoms with van der Waals surface area (Å²) in [6, 6.07) is 4.15. The zero-order chi connectivity index (χ0) is 14.5. The van der Waals surface area contributed by atoms with Crippen LogP contribution in [0.15, 0.2) is 20.9 Å². The average Bonchev–Trinajstić information content (AvgIpc) is 2.75. The topological polar surface area (TPSA) is 47.9 Å². The van der Waals surface area contributed by atoms with Crippen molar-refractivity contribution in [3.05, 3.63) is 20.8 Å². The molecule has 0 fully saturated rings. The van der Waals surface area contributed by atoms with Crippen molar-refractivity contribution in [1.29, 1.82) is 0 Å². The molecule has 4 nitrogen and oxygen atoms in total. The minimum Gasteiger partial charge on any atom is -0.388 e. The van der Waals surface area contributed by atoms with Gasteiger partial charge in [-0.05, 0) is 41.4 Å². The van der Waals surface area contributed by atoms with Gasteiger partial charge in [0.1, 0.15) is 0 Å². The molecule has 2 N–H and O–H groups in total. The molecule has 0 spiro atoms. The fourth-order valence-electron chi connectivity index (χ4n) is 1.52. The summed E-state index contributed by atoms with van der Waals surface area (Å²) in [5.41, 5.74) is -0.706. The van der Waals surface area contributed by atoms with Crippen LogP contribution < -0.4 is 5.32 Å². The molecule has 1 aromatic heterocycles. The van der Waals surface area contributed by atoms with Crippen molar-refractivity contribution in [2.24, 2.45) is 4.99 Å². The van der Waals surface area contributed by atoms with E-state index >= 15 is 0 Å². The van der Waals surface area contributed by atoms with Gasteiger partial charge in [-0.2, -0.15) is 0 Å². The van der Waals surface area contributed by atoms with E-state index in [0.29, 0.717) is 13.0 Å². The lowest BCUT2D eigenvalue weighted by atomic mass is 10.0. The van der Waals surface area contributed by atoms with Crippen LogP contribution in [0.5, 0.6) is 0 Å². The summed E-state index contributed by atoms with van der Waals surface area (Å²) in [5, 5.41) is 13.2. The maximum Gasteiger partial charge on any atom is 0.193 e. The highest BCUT2D eigenvalue weighted by molar-refractivity contribution is 14.0. The molecule has 7 heteroatoms. The number of nitrogens with one attached hydrogen (secondary N) is 1. The van der Waals surface area contributed by atoms with Gasteiger partial charge in [-0.15, -0.1) is 35.3 Å². The van der Waals surface area contributed by atoms with Crippen molar-refractivity contribution in [2.75, 3.05) is 20.6 Å². The van der Waals surface area contributed by atoms with Crippen LogP contribution >= 0.6 is 51.2 Å². The second-order valence-electron chi connectivity index (χ2n) is 4.81. The summed E-state index contributed by atoms with van der Waals surface area (Å²) < 4.78 is 1.13. The van der Waals surface area contributed by atoms with Crippen LogP contribution in [0.25, 0.3) is 0 Å². The molecule has 0 saturated heterocycles. The SMILES string of the molecule is CCC(C)(O)CNC(=NC)N(C)Cc1ccc(Br)s1.I. The van der Waals surface area contributed by atoms with Crippen LogP contribution in [0.4, 0.5) is 0 Å². The highest BCUT2D eigenvalue weighted by atomic mass is 127. The van der Waals surface area contributed by atoms with Crippen LogP contribution in [-0.2, 0) is 6.54 Å². The fourth-order valence-corrected chi connectivity index (χ4v) is 3.06. The number of hydrogen-bond donors (Lipinski definition) is 2. The van der Waals surface area contributed by atoms with E-state index in [1.807, 2.05) is 31.9 Å². The second-order valence-corrected chi connectivity index (χ2v) is 7.36. The Labute approximate surface area is 150 Å². The van der Waals surface area contributed by atoms with Gasteiger partial charge in [0.05, 0.1) is 15.9 Å². The third-order valence-electron chi connectivity index (χ3n) is 2.98. The maximum absolute atomic E-state index is 10.0. The molecule has 1 heterocycles. The number of thiophene rings is 1. The standard InChI is InChI=1S/C13H22BrN3OS.HI/c1-5-13(2,18)9-16-12(15-3)17(4)8-10-6-7-11(14)19-10;/h6-7,18H,5,8-9H2,1-4H3,(H,15,16);1H. The lowest BCUT2D eigenvalue weighted by molar-refractivity contribution is 0.0598. The Bertz CT molecular complexity index is 437. The molecule has 0 aliphatic rings. The second kappa shape index (κ2) is 9.22. The van der Waals surface area contributed by atoms with Crippen molar-refractivity contribution in [1.82, 2.24) is 10.2 Å². The molecule has 1 aromatic rings. The van der Waals surface area contributed by atoms with E-state index in [-0.39, 0.29) is 24.0 Å². The zero-order valence-electron chi connectivity index (χ0n) is 12.3. The normalized spacial score (nSPS) is 14.4. The molecule has 0 bridgehead atoms. The number of nitrogens with zero attached hydrogens (tertiary/aromatic N) is 2. The smallest absolute Gasteiger partial charge is 0.193 e. The molecular weight excluding hydrogens is 453 g/mol. The Morgan fingerprint density at radius 2 is 2.20 bits per heavy atom. The highest BCUT2D eigenvalue weighted by Gasteiger charge is 2.18. The van der Waals surface area contributed by atoms with Crippen LogP contribution in [0.2, 0.25) is 0 Å². The molecular formula is C13H23BrIN3OS. The van der Waals surface area contributed by atoms with Gasteiger partial charge in [-0.25, -0.2) is 0 Å². The van der Waals surface area contributed by atoms with Gasteiger partial charge in [0.2, 0.25) is 0 Å². The molecule has 0 saturated carbocycles. The summed E-state index contributed by atoms with van der Waals surface area (Å²) in [7, 11) is 3.74. The molecule has 1 unspecified atom stereocenters. The molecule has 0 radical (unpaired) electrons. The van der Waals surface area contributed by atoms with Gasteiger partial charge in [0.15, 0.2) is 5.96 Å². The van der Waals surface area contributed by atoms with Gasteiger partial charge >= 0.3 is 0 Å². The van der Waals surface area contributed by atoms with Crippen molar-refractivity contribution in [3.8, 4) is 0 Å². The van der Waals surface area contributed by atoms with E-state index in [1.165, 1.54) is 4.88 Å². The van der Waals surface area contributed by atoms with Gasteiger partial charge in [-0.1, -0.05) is 6.92 Å². The van der Waals surface area contributed by atoms with E-state index in [1.54, 1.807) is 18.4 Å². The predicted octanol–water partition coefficient (Wildman–Crippen LogP) is 3.30. The number of aliphatic imine (C=N–C) groups is 1. The Morgan fingerprint density at radius 1 is 1.55 bits per heavy atom. The van der Waals surface area contributed by atoms with E-state index in [4.69, 9.17) is 0 Å². The molecule has 0 amide bonds. The summed E-state index contributed by atoms with van der Waals surface area (Å²) in [6.45, 7) is 5.08. The number of hydrogen-bond acceptors (Lipinski definition) is 3. The van der Waals surface area contributed by atoms with Crippen molar-refractivity contribution < 1.29 is 5.11 Å². The minimum atomic E-state index is -0.706. The zero-order valence-corrected chi connectivity index (χ0v) is 17.0. The van der Waals surface area contributed by atoms with Crippen LogP contribution in [0.1, 0.15) is 25.1 Å². The Hall–Kier alpha value is 0.140. The van der Waals surface area contributed by atoms with Crippen LogP contribution in [0, 0.1) is 0 Å². The quantitative estimate of drug-likeness (QED) is 0.390. The molecule has 116 valence electrons. The molecule has 1 rings (SSSR count). The Kier molecular flexibility index (Phi) is 9.28. The fraction of sp³-hybridized carbons (Fsp3) is 0.615. The van der Waals surface area contributed by atoms with E-state index in [9.17, 15) is 5.11 Å². The van der Waals surface area contributed by atoms with Crippen molar-refractivity contribution in [3.63, 3.8) is 0 Å². The first-order valence-electron chi connectivity index (χ1n) is 6.26. The third kappa shape index (κ3) is 6.73. The minimum absolute atomic E-state index is 0. The lowest BCUT2D eigenvalue weighted by Crippen LogP contribution is -2.45. The van der Waals surface area contributed by atoms with Gasteiger partial charge < -0.3 is 15.3 Å². The van der Waals surface area contributed by atoms with E-state index < -0.39 is 5.60 Å². The first-order valence-corrected chi connectivity index (χ1v) is 7.87. The van der Waals surface area contributed by atoms with E-state index in [0.717, 1.165) is 16.3 Å². The summed E-state index contributed by atoms with van der Waals surface area (Å²) >= 11 is 5.18. The predicted molar refractivity (Wildman–Crippen MR) is 101 cm³/mol. The molecule has 0 aliphatic heterocycles. The highest BCUT2D eigenvalue weighted by Crippen LogP contribution is 2.22. The number of rotatable bonds is 5. The van der Waals surface area contributed by atoms with Crippen LogP contribution in [-0.4, -0.2) is 42.2 Å². The summed E-state index contributed by atoms with van der Waals surface area (Å²) in [4.78, 5) is 7.55. The summed E-state index contributed by atoms with van der Waals surface area (Å²) in [5.74, 6) is 0.790. The first kappa shape index (κ1) is 20.1.